The second kappa shape index (κ2) is 6.73. The molecule has 0 saturated heterocycles. The van der Waals surface area contributed by atoms with Crippen LogP contribution in [0.15, 0.2) is 12.4 Å². The van der Waals surface area contributed by atoms with Crippen LogP contribution in [0.4, 0.5) is 5.82 Å². The SMILES string of the molecule is CS(=O)(=O)CCOCCNc1cncc(Cl)n1. The van der Waals surface area contributed by atoms with Gasteiger partial charge in [-0.2, -0.15) is 0 Å². The van der Waals surface area contributed by atoms with E-state index in [1.54, 1.807) is 6.20 Å². The van der Waals surface area contributed by atoms with Gasteiger partial charge in [0.25, 0.3) is 0 Å². The van der Waals surface area contributed by atoms with Gasteiger partial charge in [0.05, 0.1) is 31.4 Å². The van der Waals surface area contributed by atoms with Crippen molar-refractivity contribution in [1.29, 1.82) is 0 Å². The Morgan fingerprint density at radius 3 is 2.82 bits per heavy atom. The van der Waals surface area contributed by atoms with Crippen molar-refractivity contribution in [1.82, 2.24) is 9.97 Å². The lowest BCUT2D eigenvalue weighted by Gasteiger charge is -2.06. The molecule has 0 aliphatic heterocycles. The summed E-state index contributed by atoms with van der Waals surface area (Å²) in [5.74, 6) is 0.591. The fourth-order valence-electron chi connectivity index (χ4n) is 0.991. The lowest BCUT2D eigenvalue weighted by molar-refractivity contribution is 0.159. The Labute approximate surface area is 105 Å². The zero-order valence-corrected chi connectivity index (χ0v) is 11.0. The minimum atomic E-state index is -2.95. The van der Waals surface area contributed by atoms with E-state index in [-0.39, 0.29) is 12.4 Å². The Balaban J connectivity index is 2.13. The largest absolute Gasteiger partial charge is 0.379 e. The number of nitrogens with one attached hydrogen (secondary N) is 1. The molecule has 1 rings (SSSR count). The first-order valence-corrected chi connectivity index (χ1v) is 7.38. The van der Waals surface area contributed by atoms with Crippen molar-refractivity contribution >= 4 is 27.3 Å². The standard InChI is InChI=1S/C9H14ClN3O3S/c1-17(14,15)5-4-16-3-2-12-9-7-11-6-8(10)13-9/h6-7H,2-5H2,1H3,(H,12,13). The van der Waals surface area contributed by atoms with Gasteiger partial charge in [0.15, 0.2) is 0 Å². The maximum atomic E-state index is 10.8. The maximum absolute atomic E-state index is 10.8. The van der Waals surface area contributed by atoms with E-state index in [1.807, 2.05) is 0 Å². The molecule has 0 aliphatic rings. The molecule has 0 bridgehead atoms. The minimum absolute atomic E-state index is 0.0317. The lowest BCUT2D eigenvalue weighted by Crippen LogP contribution is -2.15. The maximum Gasteiger partial charge on any atom is 0.149 e. The molecule has 0 saturated carbocycles. The third kappa shape index (κ3) is 7.09. The molecule has 0 atom stereocenters. The average molecular weight is 280 g/mol. The molecule has 17 heavy (non-hydrogen) atoms. The second-order valence-electron chi connectivity index (χ2n) is 3.40. The van der Waals surface area contributed by atoms with Crippen molar-refractivity contribution in [3.8, 4) is 0 Å². The van der Waals surface area contributed by atoms with Gasteiger partial charge in [0, 0.05) is 12.8 Å². The highest BCUT2D eigenvalue weighted by atomic mass is 35.5. The molecule has 0 fully saturated rings. The van der Waals surface area contributed by atoms with Gasteiger partial charge in [0.2, 0.25) is 0 Å². The molecule has 1 aromatic heterocycles. The smallest absolute Gasteiger partial charge is 0.149 e. The van der Waals surface area contributed by atoms with Crippen LogP contribution >= 0.6 is 11.6 Å². The summed E-state index contributed by atoms with van der Waals surface area (Å²) in [6.07, 6.45) is 4.16. The number of sulfone groups is 1. The van der Waals surface area contributed by atoms with Gasteiger partial charge in [-0.15, -0.1) is 0 Å². The molecular weight excluding hydrogens is 266 g/mol. The molecule has 0 aromatic carbocycles. The number of hydrogen-bond donors (Lipinski definition) is 1. The third-order valence-electron chi connectivity index (χ3n) is 1.76. The van der Waals surface area contributed by atoms with Gasteiger partial charge in [-0.25, -0.2) is 13.4 Å². The van der Waals surface area contributed by atoms with Crippen molar-refractivity contribution in [2.45, 2.75) is 0 Å². The molecular formula is C9H14ClN3O3S. The summed E-state index contributed by atoms with van der Waals surface area (Å²) in [4.78, 5) is 7.83. The molecule has 6 nitrogen and oxygen atoms in total. The van der Waals surface area contributed by atoms with E-state index < -0.39 is 9.84 Å². The summed E-state index contributed by atoms with van der Waals surface area (Å²) >= 11 is 5.65. The third-order valence-corrected chi connectivity index (χ3v) is 2.85. The molecule has 1 aromatic rings. The minimum Gasteiger partial charge on any atom is -0.379 e. The quantitative estimate of drug-likeness (QED) is 0.736. The van der Waals surface area contributed by atoms with Crippen molar-refractivity contribution in [3.63, 3.8) is 0 Å². The highest BCUT2D eigenvalue weighted by Gasteiger charge is 2.01. The summed E-state index contributed by atoms with van der Waals surface area (Å²) in [6, 6.07) is 0. The molecule has 1 N–H and O–H groups in total. The van der Waals surface area contributed by atoms with Crippen molar-refractivity contribution < 1.29 is 13.2 Å². The summed E-state index contributed by atoms with van der Waals surface area (Å²) in [7, 11) is -2.95. The van der Waals surface area contributed by atoms with Crippen LogP contribution in [0.3, 0.4) is 0 Å². The number of hydrogen-bond acceptors (Lipinski definition) is 6. The predicted octanol–water partition coefficient (Wildman–Crippen LogP) is 0.603. The molecule has 0 aliphatic carbocycles. The first-order valence-electron chi connectivity index (χ1n) is 4.94. The summed E-state index contributed by atoms with van der Waals surface area (Å²) in [5, 5.41) is 3.26. The number of nitrogens with zero attached hydrogens (tertiary/aromatic N) is 2. The highest BCUT2D eigenvalue weighted by Crippen LogP contribution is 2.05. The van der Waals surface area contributed by atoms with E-state index in [0.717, 1.165) is 0 Å². The van der Waals surface area contributed by atoms with Crippen LogP contribution < -0.4 is 5.32 Å². The number of anilines is 1. The van der Waals surface area contributed by atoms with E-state index in [9.17, 15) is 8.42 Å². The monoisotopic (exact) mass is 279 g/mol. The van der Waals surface area contributed by atoms with E-state index >= 15 is 0 Å². The van der Waals surface area contributed by atoms with Crippen LogP contribution in [0.25, 0.3) is 0 Å². The molecule has 0 radical (unpaired) electrons. The fraction of sp³-hybridized carbons (Fsp3) is 0.556. The molecule has 96 valence electrons. The van der Waals surface area contributed by atoms with Crippen molar-refractivity contribution in [2.24, 2.45) is 0 Å². The number of rotatable bonds is 7. The molecule has 1 heterocycles. The molecule has 0 spiro atoms. The van der Waals surface area contributed by atoms with Crippen LogP contribution in [0.5, 0.6) is 0 Å². The topological polar surface area (TPSA) is 81.2 Å². The Kier molecular flexibility index (Phi) is 5.60. The summed E-state index contributed by atoms with van der Waals surface area (Å²) in [6.45, 7) is 1.10. The van der Waals surface area contributed by atoms with E-state index in [2.05, 4.69) is 15.3 Å². The van der Waals surface area contributed by atoms with Crippen LogP contribution in [0, 0.1) is 0 Å². The first-order chi connectivity index (χ1) is 7.97. The average Bonchev–Trinajstić information content (AvgIpc) is 2.22. The second-order valence-corrected chi connectivity index (χ2v) is 6.04. The Hall–Kier alpha value is -0.920. The van der Waals surface area contributed by atoms with E-state index in [4.69, 9.17) is 16.3 Å². The molecule has 8 heteroatoms. The summed E-state index contributed by atoms with van der Waals surface area (Å²) in [5.41, 5.74) is 0. The lowest BCUT2D eigenvalue weighted by atomic mass is 10.6. The number of halogens is 1. The zero-order chi connectivity index (χ0) is 12.7. The van der Waals surface area contributed by atoms with Crippen LogP contribution in [-0.4, -0.2) is 50.2 Å². The first kappa shape index (κ1) is 14.1. The molecule has 0 amide bonds. The van der Waals surface area contributed by atoms with Gasteiger partial charge in [0.1, 0.15) is 20.8 Å². The van der Waals surface area contributed by atoms with Crippen molar-refractivity contribution in [3.05, 3.63) is 17.5 Å². The van der Waals surface area contributed by atoms with Crippen LogP contribution in [0.1, 0.15) is 0 Å². The van der Waals surface area contributed by atoms with Gasteiger partial charge in [-0.3, -0.25) is 4.98 Å². The van der Waals surface area contributed by atoms with Crippen LogP contribution in [0.2, 0.25) is 5.15 Å². The molecule has 0 unspecified atom stereocenters. The Morgan fingerprint density at radius 2 is 2.18 bits per heavy atom. The van der Waals surface area contributed by atoms with E-state index in [1.165, 1.54) is 12.5 Å². The van der Waals surface area contributed by atoms with Gasteiger partial charge in [-0.05, 0) is 0 Å². The van der Waals surface area contributed by atoms with E-state index in [0.29, 0.717) is 24.1 Å². The van der Waals surface area contributed by atoms with Gasteiger partial charge in [-0.1, -0.05) is 11.6 Å². The van der Waals surface area contributed by atoms with Gasteiger partial charge >= 0.3 is 0 Å². The van der Waals surface area contributed by atoms with Crippen molar-refractivity contribution in [2.75, 3.05) is 37.1 Å². The normalized spacial score (nSPS) is 11.4. The van der Waals surface area contributed by atoms with Crippen LogP contribution in [-0.2, 0) is 14.6 Å². The Morgan fingerprint density at radius 1 is 1.41 bits per heavy atom. The predicted molar refractivity (Wildman–Crippen MR) is 66.1 cm³/mol. The fourth-order valence-corrected chi connectivity index (χ4v) is 1.56. The highest BCUT2D eigenvalue weighted by molar-refractivity contribution is 7.90. The number of aromatic nitrogens is 2. The van der Waals surface area contributed by atoms with Gasteiger partial charge < -0.3 is 10.1 Å². The Bertz CT molecular complexity index is 453. The number of ether oxygens (including phenoxy) is 1. The zero-order valence-electron chi connectivity index (χ0n) is 9.39. The summed E-state index contributed by atoms with van der Waals surface area (Å²) < 4.78 is 26.7.